The average Bonchev–Trinajstić information content (AvgIpc) is 2.28. The van der Waals surface area contributed by atoms with E-state index in [-0.39, 0.29) is 5.82 Å². The summed E-state index contributed by atoms with van der Waals surface area (Å²) < 4.78 is 14.2. The molecule has 2 aromatic rings. The van der Waals surface area contributed by atoms with Crippen molar-refractivity contribution in [2.75, 3.05) is 0 Å². The smallest absolute Gasteiger partial charge is 0.150 e. The summed E-state index contributed by atoms with van der Waals surface area (Å²) in [4.78, 5) is 12.2. The summed E-state index contributed by atoms with van der Waals surface area (Å²) in [5, 5.41) is 0. The third kappa shape index (κ3) is 2.24. The summed E-state index contributed by atoms with van der Waals surface area (Å²) in [5.41, 5.74) is 1.01. The van der Waals surface area contributed by atoms with Crippen molar-refractivity contribution in [2.24, 2.45) is 0 Å². The second-order valence-corrected chi connectivity index (χ2v) is 4.01. The maximum Gasteiger partial charge on any atom is 0.150 e. The predicted octanol–water partition coefficient (Wildman–Crippen LogP) is 3.00. The molecule has 0 aliphatic rings. The Kier molecular flexibility index (Phi) is 3.24. The van der Waals surface area contributed by atoms with Crippen LogP contribution in [0.1, 0.15) is 12.7 Å². The molecule has 0 amide bonds. The van der Waals surface area contributed by atoms with Crippen LogP contribution in [0.5, 0.6) is 0 Å². The Morgan fingerprint density at radius 2 is 2.19 bits per heavy atom. The Morgan fingerprint density at radius 1 is 1.38 bits per heavy atom. The van der Waals surface area contributed by atoms with Crippen LogP contribution in [0.15, 0.2) is 29.1 Å². The second-order valence-electron chi connectivity index (χ2n) is 3.20. The molecule has 0 saturated carbocycles. The lowest BCUT2D eigenvalue weighted by molar-refractivity contribution is 0.624. The molecule has 5 heteroatoms. The van der Waals surface area contributed by atoms with Gasteiger partial charge in [-0.2, -0.15) is 0 Å². The van der Waals surface area contributed by atoms with E-state index in [9.17, 15) is 4.39 Å². The number of aromatic nitrogens is 3. The first-order valence-corrected chi connectivity index (χ1v) is 5.63. The number of hydrogen-bond donors (Lipinski definition) is 0. The van der Waals surface area contributed by atoms with E-state index >= 15 is 0 Å². The molecule has 0 saturated heterocycles. The van der Waals surface area contributed by atoms with Crippen molar-refractivity contribution >= 4 is 15.9 Å². The molecule has 0 bridgehead atoms. The molecule has 82 valence electrons. The highest BCUT2D eigenvalue weighted by molar-refractivity contribution is 9.10. The molecule has 0 spiro atoms. The fourth-order valence-corrected chi connectivity index (χ4v) is 1.77. The van der Waals surface area contributed by atoms with Gasteiger partial charge in [0.05, 0.1) is 11.9 Å². The highest BCUT2D eigenvalue weighted by Gasteiger charge is 2.08. The molecule has 0 aliphatic carbocycles. The molecule has 0 fully saturated rings. The first-order chi connectivity index (χ1) is 7.70. The monoisotopic (exact) mass is 281 g/mol. The standard InChI is InChI=1S/C11H9BrFN3/c1-2-11-15-9(5-10(12)16-11)7-3-4-14-6-8(7)13/h3-6H,2H2,1H3. The summed E-state index contributed by atoms with van der Waals surface area (Å²) in [5.74, 6) is 0.302. The Morgan fingerprint density at radius 3 is 2.88 bits per heavy atom. The topological polar surface area (TPSA) is 38.7 Å². The summed E-state index contributed by atoms with van der Waals surface area (Å²) >= 11 is 3.29. The van der Waals surface area contributed by atoms with Crippen LogP contribution in [0.25, 0.3) is 11.3 Å². The molecule has 0 N–H and O–H groups in total. The SMILES string of the molecule is CCc1nc(Br)cc(-c2ccncc2F)n1. The van der Waals surface area contributed by atoms with E-state index in [4.69, 9.17) is 0 Å². The van der Waals surface area contributed by atoms with Gasteiger partial charge < -0.3 is 0 Å². The molecule has 0 aromatic carbocycles. The van der Waals surface area contributed by atoms with Crippen LogP contribution < -0.4 is 0 Å². The number of nitrogens with zero attached hydrogens (tertiary/aromatic N) is 3. The second kappa shape index (κ2) is 4.65. The Labute approximate surface area is 101 Å². The first kappa shape index (κ1) is 11.1. The van der Waals surface area contributed by atoms with Crippen LogP contribution in [0, 0.1) is 5.82 Å². The molecule has 2 rings (SSSR count). The molecule has 2 aromatic heterocycles. The Balaban J connectivity index is 2.56. The van der Waals surface area contributed by atoms with Crippen molar-refractivity contribution in [2.45, 2.75) is 13.3 Å². The van der Waals surface area contributed by atoms with Gasteiger partial charge >= 0.3 is 0 Å². The lowest BCUT2D eigenvalue weighted by Gasteiger charge is -2.04. The van der Waals surface area contributed by atoms with Crippen LogP contribution in [-0.2, 0) is 6.42 Å². The third-order valence-electron chi connectivity index (χ3n) is 2.11. The zero-order chi connectivity index (χ0) is 11.5. The van der Waals surface area contributed by atoms with Crippen molar-refractivity contribution in [3.05, 3.63) is 40.8 Å². The molecular formula is C11H9BrFN3. The van der Waals surface area contributed by atoms with Crippen LogP contribution in [0.4, 0.5) is 4.39 Å². The van der Waals surface area contributed by atoms with Gasteiger partial charge in [-0.3, -0.25) is 4.98 Å². The van der Waals surface area contributed by atoms with E-state index in [1.807, 2.05) is 6.92 Å². The lowest BCUT2D eigenvalue weighted by atomic mass is 10.2. The van der Waals surface area contributed by atoms with Crippen molar-refractivity contribution in [3.8, 4) is 11.3 Å². The third-order valence-corrected chi connectivity index (χ3v) is 2.51. The van der Waals surface area contributed by atoms with Crippen LogP contribution in [0.2, 0.25) is 0 Å². The fourth-order valence-electron chi connectivity index (χ4n) is 1.34. The van der Waals surface area contributed by atoms with Gasteiger partial charge in [-0.1, -0.05) is 6.92 Å². The minimum atomic E-state index is -0.379. The summed E-state index contributed by atoms with van der Waals surface area (Å²) in [6.45, 7) is 1.95. The normalized spacial score (nSPS) is 10.4. The van der Waals surface area contributed by atoms with Gasteiger partial charge in [0.2, 0.25) is 0 Å². The summed E-state index contributed by atoms with van der Waals surface area (Å²) in [6.07, 6.45) is 3.43. The van der Waals surface area contributed by atoms with Crippen molar-refractivity contribution in [1.82, 2.24) is 15.0 Å². The van der Waals surface area contributed by atoms with Crippen LogP contribution in [0.3, 0.4) is 0 Å². The first-order valence-electron chi connectivity index (χ1n) is 4.84. The van der Waals surface area contributed by atoms with E-state index in [1.54, 1.807) is 18.3 Å². The molecule has 0 atom stereocenters. The zero-order valence-corrected chi connectivity index (χ0v) is 10.2. The minimum absolute atomic E-state index is 0.379. The number of halogens is 2. The van der Waals surface area contributed by atoms with Gasteiger partial charge in [-0.05, 0) is 28.1 Å². The molecule has 0 unspecified atom stereocenters. The summed E-state index contributed by atoms with van der Waals surface area (Å²) in [7, 11) is 0. The number of hydrogen-bond acceptors (Lipinski definition) is 3. The molecule has 0 aliphatic heterocycles. The maximum absolute atomic E-state index is 13.5. The van der Waals surface area contributed by atoms with Gasteiger partial charge in [0.1, 0.15) is 10.4 Å². The van der Waals surface area contributed by atoms with Gasteiger partial charge in [-0.15, -0.1) is 0 Å². The maximum atomic E-state index is 13.5. The van der Waals surface area contributed by atoms with Crippen LogP contribution in [-0.4, -0.2) is 15.0 Å². The Hall–Kier alpha value is -1.36. The molecule has 0 radical (unpaired) electrons. The zero-order valence-electron chi connectivity index (χ0n) is 8.61. The van der Waals surface area contributed by atoms with Gasteiger partial charge in [0, 0.05) is 18.2 Å². The average molecular weight is 282 g/mol. The molecule has 16 heavy (non-hydrogen) atoms. The van der Waals surface area contributed by atoms with E-state index in [2.05, 4.69) is 30.9 Å². The van der Waals surface area contributed by atoms with Crippen molar-refractivity contribution in [3.63, 3.8) is 0 Å². The van der Waals surface area contributed by atoms with Gasteiger partial charge in [-0.25, -0.2) is 14.4 Å². The van der Waals surface area contributed by atoms with Gasteiger partial charge in [0.15, 0.2) is 5.82 Å². The molecular weight excluding hydrogens is 273 g/mol. The number of rotatable bonds is 2. The number of pyridine rings is 1. The quantitative estimate of drug-likeness (QED) is 0.795. The number of aryl methyl sites for hydroxylation is 1. The van der Waals surface area contributed by atoms with Crippen molar-refractivity contribution in [1.29, 1.82) is 0 Å². The van der Waals surface area contributed by atoms with E-state index in [0.29, 0.717) is 28.1 Å². The molecule has 2 heterocycles. The van der Waals surface area contributed by atoms with Crippen molar-refractivity contribution < 1.29 is 4.39 Å². The van der Waals surface area contributed by atoms with Gasteiger partial charge in [0.25, 0.3) is 0 Å². The fraction of sp³-hybridized carbons (Fsp3) is 0.182. The predicted molar refractivity (Wildman–Crippen MR) is 62.3 cm³/mol. The summed E-state index contributed by atoms with van der Waals surface area (Å²) in [6, 6.07) is 3.29. The highest BCUT2D eigenvalue weighted by Crippen LogP contribution is 2.22. The van der Waals surface area contributed by atoms with E-state index in [0.717, 1.165) is 0 Å². The highest BCUT2D eigenvalue weighted by atomic mass is 79.9. The van der Waals surface area contributed by atoms with Crippen LogP contribution >= 0.6 is 15.9 Å². The van der Waals surface area contributed by atoms with E-state index in [1.165, 1.54) is 6.20 Å². The van der Waals surface area contributed by atoms with E-state index < -0.39 is 0 Å². The molecule has 3 nitrogen and oxygen atoms in total. The Bertz CT molecular complexity index is 516. The largest absolute Gasteiger partial charge is 0.262 e. The minimum Gasteiger partial charge on any atom is -0.262 e. The lowest BCUT2D eigenvalue weighted by Crippen LogP contribution is -1.97.